The number of halogens is 3. The van der Waals surface area contributed by atoms with Gasteiger partial charge in [0.15, 0.2) is 0 Å². The molecule has 0 spiro atoms. The molecule has 0 aliphatic carbocycles. The molecule has 3 aromatic heterocycles. The van der Waals surface area contributed by atoms with Crippen molar-refractivity contribution in [3.63, 3.8) is 0 Å². The van der Waals surface area contributed by atoms with Crippen molar-refractivity contribution in [2.75, 3.05) is 18.0 Å². The summed E-state index contributed by atoms with van der Waals surface area (Å²) in [5.74, 6) is 0.753. The number of imidazole rings is 1. The molecular weight excluding hydrogens is 418 g/mol. The minimum absolute atomic E-state index is 0.0845. The Hall–Kier alpha value is -1.03. The fourth-order valence-electron chi connectivity index (χ4n) is 2.45. The summed E-state index contributed by atoms with van der Waals surface area (Å²) in [5.41, 5.74) is 8.42. The third kappa shape index (κ3) is 3.49. The molecule has 0 bridgehead atoms. The zero-order valence-corrected chi connectivity index (χ0v) is 16.2. The number of H-pyrrole nitrogens is 1. The van der Waals surface area contributed by atoms with Crippen LogP contribution < -0.4 is 10.6 Å². The third-order valence-electron chi connectivity index (χ3n) is 3.78. The summed E-state index contributed by atoms with van der Waals surface area (Å²) in [5, 5.41) is 3.99. The standard InChI is InChI=1S/C15H17BrF2N4S2/c1-8-11(24-13(12(8)16)14(17)18)5-22(4-2-3-19)15-20-9-6-23-7-10(9)21-15/h6-7,14H,2-5,19H2,1H3,(H,20,21). The van der Waals surface area contributed by atoms with Crippen molar-refractivity contribution < 1.29 is 8.78 Å². The van der Waals surface area contributed by atoms with Crippen LogP contribution in [0.25, 0.3) is 11.0 Å². The molecule has 0 aromatic carbocycles. The van der Waals surface area contributed by atoms with E-state index in [-0.39, 0.29) is 4.88 Å². The van der Waals surface area contributed by atoms with Gasteiger partial charge in [-0.15, -0.1) is 22.7 Å². The number of nitrogens with one attached hydrogen (secondary N) is 1. The second kappa shape index (κ2) is 7.47. The van der Waals surface area contributed by atoms with Gasteiger partial charge in [-0.05, 0) is 41.4 Å². The molecule has 3 heterocycles. The largest absolute Gasteiger partial charge is 0.337 e. The lowest BCUT2D eigenvalue weighted by atomic mass is 10.2. The second-order valence-electron chi connectivity index (χ2n) is 5.42. The Kier molecular flexibility index (Phi) is 5.53. The lowest BCUT2D eigenvalue weighted by Crippen LogP contribution is -2.26. The van der Waals surface area contributed by atoms with Crippen LogP contribution in [-0.4, -0.2) is 23.1 Å². The Morgan fingerprint density at radius 1 is 1.42 bits per heavy atom. The van der Waals surface area contributed by atoms with Gasteiger partial charge in [0, 0.05) is 26.7 Å². The number of alkyl halides is 2. The normalized spacial score (nSPS) is 11.8. The fraction of sp³-hybridized carbons (Fsp3) is 0.400. The van der Waals surface area contributed by atoms with Crippen LogP contribution in [0.1, 0.15) is 28.2 Å². The van der Waals surface area contributed by atoms with Crippen molar-refractivity contribution in [2.24, 2.45) is 5.73 Å². The minimum Gasteiger partial charge on any atom is -0.337 e. The fourth-order valence-corrected chi connectivity index (χ4v) is 5.00. The number of hydrogen-bond acceptors (Lipinski definition) is 5. The third-order valence-corrected chi connectivity index (χ3v) is 7.08. The van der Waals surface area contributed by atoms with Crippen LogP contribution in [0, 0.1) is 6.92 Å². The van der Waals surface area contributed by atoms with Crippen LogP contribution in [-0.2, 0) is 6.54 Å². The Balaban J connectivity index is 1.89. The molecule has 0 fully saturated rings. The molecule has 0 amide bonds. The quantitative estimate of drug-likeness (QED) is 0.546. The first-order chi connectivity index (χ1) is 11.5. The van der Waals surface area contributed by atoms with Crippen molar-refractivity contribution in [3.8, 4) is 0 Å². The molecule has 130 valence electrons. The number of anilines is 1. The molecule has 0 atom stereocenters. The summed E-state index contributed by atoms with van der Waals surface area (Å²) in [6, 6.07) is 0. The van der Waals surface area contributed by atoms with Crippen molar-refractivity contribution in [2.45, 2.75) is 26.3 Å². The number of aromatic amines is 1. The predicted octanol–water partition coefficient (Wildman–Crippen LogP) is 5.05. The van der Waals surface area contributed by atoms with Crippen LogP contribution in [0.4, 0.5) is 14.7 Å². The number of rotatable bonds is 7. The SMILES string of the molecule is Cc1c(CN(CCCN)c2nc3cscc3[nH]2)sc(C(F)F)c1Br. The Labute approximate surface area is 154 Å². The summed E-state index contributed by atoms with van der Waals surface area (Å²) in [4.78, 5) is 11.0. The summed E-state index contributed by atoms with van der Waals surface area (Å²) in [7, 11) is 0. The van der Waals surface area contributed by atoms with E-state index < -0.39 is 6.43 Å². The van der Waals surface area contributed by atoms with Gasteiger partial charge in [0.1, 0.15) is 5.52 Å². The van der Waals surface area contributed by atoms with Gasteiger partial charge in [-0.2, -0.15) is 0 Å². The van der Waals surface area contributed by atoms with Gasteiger partial charge in [-0.25, -0.2) is 13.8 Å². The van der Waals surface area contributed by atoms with Crippen LogP contribution in [0.15, 0.2) is 15.2 Å². The van der Waals surface area contributed by atoms with E-state index in [9.17, 15) is 8.78 Å². The lowest BCUT2D eigenvalue weighted by Gasteiger charge is -2.21. The molecule has 4 nitrogen and oxygen atoms in total. The van der Waals surface area contributed by atoms with E-state index in [0.717, 1.165) is 51.7 Å². The number of thiophene rings is 2. The van der Waals surface area contributed by atoms with Gasteiger partial charge >= 0.3 is 0 Å². The van der Waals surface area contributed by atoms with Gasteiger partial charge in [-0.1, -0.05) is 0 Å². The zero-order chi connectivity index (χ0) is 17.3. The Morgan fingerprint density at radius 3 is 2.83 bits per heavy atom. The first-order valence-electron chi connectivity index (χ1n) is 7.44. The number of aromatic nitrogens is 2. The number of nitrogens with two attached hydrogens (primary N) is 1. The molecule has 0 saturated carbocycles. The molecule has 0 aliphatic rings. The highest BCUT2D eigenvalue weighted by Crippen LogP contribution is 2.39. The van der Waals surface area contributed by atoms with Crippen LogP contribution in [0.3, 0.4) is 0 Å². The van der Waals surface area contributed by atoms with E-state index in [4.69, 9.17) is 5.73 Å². The summed E-state index contributed by atoms with van der Waals surface area (Å²) in [6.07, 6.45) is -1.66. The van der Waals surface area contributed by atoms with E-state index in [2.05, 4.69) is 30.8 Å². The molecular formula is C15H17BrF2N4S2. The highest BCUT2D eigenvalue weighted by Gasteiger charge is 2.22. The Bertz CT molecular complexity index is 798. The first-order valence-corrected chi connectivity index (χ1v) is 9.99. The van der Waals surface area contributed by atoms with E-state index in [1.54, 1.807) is 11.3 Å². The zero-order valence-electron chi connectivity index (χ0n) is 13.0. The highest BCUT2D eigenvalue weighted by molar-refractivity contribution is 9.10. The lowest BCUT2D eigenvalue weighted by molar-refractivity contribution is 0.155. The van der Waals surface area contributed by atoms with Crippen LogP contribution >= 0.6 is 38.6 Å². The molecule has 0 unspecified atom stereocenters. The molecule has 3 N–H and O–H groups in total. The van der Waals surface area contributed by atoms with Crippen molar-refractivity contribution in [3.05, 3.63) is 30.6 Å². The maximum absolute atomic E-state index is 13.1. The predicted molar refractivity (Wildman–Crippen MR) is 100 cm³/mol. The smallest absolute Gasteiger partial charge is 0.273 e. The molecule has 3 rings (SSSR count). The highest BCUT2D eigenvalue weighted by atomic mass is 79.9. The minimum atomic E-state index is -2.47. The van der Waals surface area contributed by atoms with E-state index in [1.165, 1.54) is 0 Å². The topological polar surface area (TPSA) is 57.9 Å². The van der Waals surface area contributed by atoms with Gasteiger partial charge in [0.05, 0.1) is 16.9 Å². The van der Waals surface area contributed by atoms with E-state index in [0.29, 0.717) is 17.6 Å². The van der Waals surface area contributed by atoms with Gasteiger partial charge in [0.2, 0.25) is 5.95 Å². The maximum atomic E-state index is 13.1. The van der Waals surface area contributed by atoms with Gasteiger partial charge < -0.3 is 15.6 Å². The molecule has 0 saturated heterocycles. The molecule has 24 heavy (non-hydrogen) atoms. The van der Waals surface area contributed by atoms with Gasteiger partial charge in [0.25, 0.3) is 6.43 Å². The maximum Gasteiger partial charge on any atom is 0.273 e. The van der Waals surface area contributed by atoms with Crippen molar-refractivity contribution in [1.29, 1.82) is 0 Å². The average Bonchev–Trinajstić information content (AvgIpc) is 3.20. The summed E-state index contributed by atoms with van der Waals surface area (Å²) < 4.78 is 26.7. The summed E-state index contributed by atoms with van der Waals surface area (Å²) in [6.45, 7) is 3.68. The van der Waals surface area contributed by atoms with Gasteiger partial charge in [-0.3, -0.25) is 0 Å². The number of hydrogen-bond donors (Lipinski definition) is 2. The molecule has 0 aliphatic heterocycles. The second-order valence-corrected chi connectivity index (χ2v) is 8.10. The first kappa shape index (κ1) is 17.8. The summed E-state index contributed by atoms with van der Waals surface area (Å²) >= 11 is 6.04. The monoisotopic (exact) mass is 434 g/mol. The average molecular weight is 435 g/mol. The van der Waals surface area contributed by atoms with Crippen molar-refractivity contribution >= 4 is 55.6 Å². The molecule has 0 radical (unpaired) electrons. The Morgan fingerprint density at radius 2 is 2.21 bits per heavy atom. The number of nitrogens with zero attached hydrogens (tertiary/aromatic N) is 2. The van der Waals surface area contributed by atoms with E-state index >= 15 is 0 Å². The van der Waals surface area contributed by atoms with Crippen LogP contribution in [0.2, 0.25) is 0 Å². The van der Waals surface area contributed by atoms with Crippen molar-refractivity contribution in [1.82, 2.24) is 9.97 Å². The molecule has 3 aromatic rings. The number of fused-ring (bicyclic) bond motifs is 1. The molecule has 9 heteroatoms. The van der Waals surface area contributed by atoms with E-state index in [1.807, 2.05) is 17.7 Å². The van der Waals surface area contributed by atoms with Crippen LogP contribution in [0.5, 0.6) is 0 Å².